The number of halogens is 2. The van der Waals surface area contributed by atoms with Gasteiger partial charge in [-0.25, -0.2) is 4.39 Å². The SMILES string of the molecule is CC[C@@H](C)c1c(F)cccc1Cl. The highest BCUT2D eigenvalue weighted by Gasteiger charge is 2.12. The molecule has 66 valence electrons. The molecule has 0 aliphatic carbocycles. The van der Waals surface area contributed by atoms with Crippen LogP contribution < -0.4 is 0 Å². The van der Waals surface area contributed by atoms with Crippen LogP contribution in [-0.2, 0) is 0 Å². The summed E-state index contributed by atoms with van der Waals surface area (Å²) in [5.41, 5.74) is 0.640. The molecule has 1 rings (SSSR count). The minimum atomic E-state index is -0.197. The van der Waals surface area contributed by atoms with Crippen LogP contribution in [0.1, 0.15) is 31.7 Å². The normalized spacial score (nSPS) is 13.0. The summed E-state index contributed by atoms with van der Waals surface area (Å²) in [6.45, 7) is 4.00. The minimum absolute atomic E-state index is 0.193. The molecule has 0 fully saturated rings. The van der Waals surface area contributed by atoms with Crippen molar-refractivity contribution in [2.45, 2.75) is 26.2 Å². The monoisotopic (exact) mass is 186 g/mol. The molecule has 0 aromatic heterocycles. The largest absolute Gasteiger partial charge is 0.207 e. The molecule has 0 spiro atoms. The zero-order chi connectivity index (χ0) is 9.14. The molecule has 0 nitrogen and oxygen atoms in total. The van der Waals surface area contributed by atoms with Crippen molar-refractivity contribution in [2.75, 3.05) is 0 Å². The van der Waals surface area contributed by atoms with E-state index in [0.717, 1.165) is 6.42 Å². The van der Waals surface area contributed by atoms with Crippen molar-refractivity contribution in [3.05, 3.63) is 34.6 Å². The Hall–Kier alpha value is -0.560. The summed E-state index contributed by atoms with van der Waals surface area (Å²) < 4.78 is 13.2. The van der Waals surface area contributed by atoms with Gasteiger partial charge in [-0.15, -0.1) is 0 Å². The highest BCUT2D eigenvalue weighted by atomic mass is 35.5. The van der Waals surface area contributed by atoms with E-state index < -0.39 is 0 Å². The highest BCUT2D eigenvalue weighted by Crippen LogP contribution is 2.28. The Balaban J connectivity index is 3.12. The van der Waals surface area contributed by atoms with E-state index >= 15 is 0 Å². The average Bonchev–Trinajstić information content (AvgIpc) is 2.03. The van der Waals surface area contributed by atoms with Gasteiger partial charge in [-0.05, 0) is 24.5 Å². The molecule has 0 aliphatic heterocycles. The number of benzene rings is 1. The highest BCUT2D eigenvalue weighted by molar-refractivity contribution is 6.31. The first kappa shape index (κ1) is 9.53. The van der Waals surface area contributed by atoms with E-state index in [-0.39, 0.29) is 11.7 Å². The van der Waals surface area contributed by atoms with Gasteiger partial charge < -0.3 is 0 Å². The molecule has 1 atom stereocenters. The van der Waals surface area contributed by atoms with Crippen LogP contribution in [0.15, 0.2) is 18.2 Å². The maximum atomic E-state index is 13.2. The van der Waals surface area contributed by atoms with E-state index in [4.69, 9.17) is 11.6 Å². The average molecular weight is 187 g/mol. The molecule has 2 heteroatoms. The van der Waals surface area contributed by atoms with E-state index in [0.29, 0.717) is 10.6 Å². The lowest BCUT2D eigenvalue weighted by molar-refractivity contribution is 0.584. The van der Waals surface area contributed by atoms with Crippen molar-refractivity contribution in [1.82, 2.24) is 0 Å². The Morgan fingerprint density at radius 3 is 2.67 bits per heavy atom. The van der Waals surface area contributed by atoms with E-state index in [1.54, 1.807) is 12.1 Å². The molecule has 1 aromatic rings. The predicted octanol–water partition coefficient (Wildman–Crippen LogP) is 3.99. The summed E-state index contributed by atoms with van der Waals surface area (Å²) in [6, 6.07) is 4.81. The van der Waals surface area contributed by atoms with Crippen molar-refractivity contribution >= 4 is 11.6 Å². The van der Waals surface area contributed by atoms with Crippen LogP contribution in [0.25, 0.3) is 0 Å². The van der Waals surface area contributed by atoms with Crippen molar-refractivity contribution in [3.63, 3.8) is 0 Å². The van der Waals surface area contributed by atoms with Gasteiger partial charge in [-0.3, -0.25) is 0 Å². The second-order valence-electron chi connectivity index (χ2n) is 2.94. The van der Waals surface area contributed by atoms with Gasteiger partial charge >= 0.3 is 0 Å². The van der Waals surface area contributed by atoms with E-state index in [1.165, 1.54) is 6.07 Å². The molecule has 12 heavy (non-hydrogen) atoms. The van der Waals surface area contributed by atoms with Gasteiger partial charge in [0.15, 0.2) is 0 Å². The molecule has 1 aromatic carbocycles. The summed E-state index contributed by atoms with van der Waals surface area (Å²) in [5, 5.41) is 0.532. The molecular formula is C10H12ClF. The molecule has 0 unspecified atom stereocenters. The second kappa shape index (κ2) is 3.90. The van der Waals surface area contributed by atoms with Crippen LogP contribution in [-0.4, -0.2) is 0 Å². The molecule has 0 N–H and O–H groups in total. The van der Waals surface area contributed by atoms with Crippen LogP contribution >= 0.6 is 11.6 Å². The first-order chi connectivity index (χ1) is 5.66. The van der Waals surface area contributed by atoms with Gasteiger partial charge in [0, 0.05) is 10.6 Å². The first-order valence-electron chi connectivity index (χ1n) is 4.10. The third kappa shape index (κ3) is 1.78. The summed E-state index contributed by atoms with van der Waals surface area (Å²) >= 11 is 5.86. The topological polar surface area (TPSA) is 0 Å². The van der Waals surface area contributed by atoms with Crippen molar-refractivity contribution in [3.8, 4) is 0 Å². The molecule has 0 saturated carbocycles. The third-order valence-corrected chi connectivity index (χ3v) is 2.43. The quantitative estimate of drug-likeness (QED) is 0.655. The maximum Gasteiger partial charge on any atom is 0.128 e. The van der Waals surface area contributed by atoms with Gasteiger partial charge in [0.2, 0.25) is 0 Å². The van der Waals surface area contributed by atoms with Gasteiger partial charge in [-0.2, -0.15) is 0 Å². The lowest BCUT2D eigenvalue weighted by atomic mass is 9.98. The van der Waals surface area contributed by atoms with E-state index in [9.17, 15) is 4.39 Å². The van der Waals surface area contributed by atoms with Crippen molar-refractivity contribution in [1.29, 1.82) is 0 Å². The molecular weight excluding hydrogens is 175 g/mol. The van der Waals surface area contributed by atoms with E-state index in [1.807, 2.05) is 13.8 Å². The third-order valence-electron chi connectivity index (χ3n) is 2.10. The van der Waals surface area contributed by atoms with Crippen LogP contribution in [0.5, 0.6) is 0 Å². The summed E-state index contributed by atoms with van der Waals surface area (Å²) in [5.74, 6) is -0.00412. The Morgan fingerprint density at radius 2 is 2.17 bits per heavy atom. The van der Waals surface area contributed by atoms with Gasteiger partial charge in [0.05, 0.1) is 0 Å². The van der Waals surface area contributed by atoms with Crippen LogP contribution in [0.4, 0.5) is 4.39 Å². The van der Waals surface area contributed by atoms with Gasteiger partial charge in [0.25, 0.3) is 0 Å². The summed E-state index contributed by atoms with van der Waals surface area (Å²) in [7, 11) is 0. The fraction of sp³-hybridized carbons (Fsp3) is 0.400. The fourth-order valence-corrected chi connectivity index (χ4v) is 1.53. The summed E-state index contributed by atoms with van der Waals surface area (Å²) in [4.78, 5) is 0. The Kier molecular flexibility index (Phi) is 3.10. The number of rotatable bonds is 2. The Labute approximate surface area is 77.4 Å². The minimum Gasteiger partial charge on any atom is -0.207 e. The molecule has 0 saturated heterocycles. The van der Waals surface area contributed by atoms with Crippen LogP contribution in [0.2, 0.25) is 5.02 Å². The molecule has 0 radical (unpaired) electrons. The molecule has 0 amide bonds. The zero-order valence-electron chi connectivity index (χ0n) is 7.27. The second-order valence-corrected chi connectivity index (χ2v) is 3.35. The molecule has 0 bridgehead atoms. The smallest absolute Gasteiger partial charge is 0.128 e. The predicted molar refractivity (Wildman–Crippen MR) is 50.1 cm³/mol. The fourth-order valence-electron chi connectivity index (χ4n) is 1.19. The maximum absolute atomic E-state index is 13.2. The van der Waals surface area contributed by atoms with E-state index in [2.05, 4.69) is 0 Å². The van der Waals surface area contributed by atoms with Crippen LogP contribution in [0, 0.1) is 5.82 Å². The number of hydrogen-bond acceptors (Lipinski definition) is 0. The van der Waals surface area contributed by atoms with Crippen molar-refractivity contribution < 1.29 is 4.39 Å². The molecule has 0 aliphatic rings. The van der Waals surface area contributed by atoms with Gasteiger partial charge in [-0.1, -0.05) is 31.5 Å². The Morgan fingerprint density at radius 1 is 1.50 bits per heavy atom. The lowest BCUT2D eigenvalue weighted by Gasteiger charge is -2.11. The van der Waals surface area contributed by atoms with Gasteiger partial charge in [0.1, 0.15) is 5.82 Å². The molecule has 0 heterocycles. The Bertz CT molecular complexity index is 250. The standard InChI is InChI=1S/C10H12ClF/c1-3-7(2)10-8(11)5-4-6-9(10)12/h4-7H,3H2,1-2H3/t7-/m1/s1. The first-order valence-corrected chi connectivity index (χ1v) is 4.48. The van der Waals surface area contributed by atoms with Crippen molar-refractivity contribution in [2.24, 2.45) is 0 Å². The summed E-state index contributed by atoms with van der Waals surface area (Å²) in [6.07, 6.45) is 0.903. The zero-order valence-corrected chi connectivity index (χ0v) is 8.03. The number of hydrogen-bond donors (Lipinski definition) is 0. The lowest BCUT2D eigenvalue weighted by Crippen LogP contribution is -1.96. The van der Waals surface area contributed by atoms with Crippen LogP contribution in [0.3, 0.4) is 0 Å².